The minimum absolute atomic E-state index is 0.00127. The molecule has 0 aliphatic carbocycles. The first-order chi connectivity index (χ1) is 13.0. The van der Waals surface area contributed by atoms with Crippen molar-refractivity contribution < 1.29 is 22.7 Å². The summed E-state index contributed by atoms with van der Waals surface area (Å²) in [6, 6.07) is 11.4. The number of nitrogens with zero attached hydrogens (tertiary/aromatic N) is 2. The van der Waals surface area contributed by atoms with Crippen molar-refractivity contribution >= 4 is 11.6 Å². The second kappa shape index (κ2) is 7.94. The summed E-state index contributed by atoms with van der Waals surface area (Å²) in [6.07, 6.45) is 1.97. The Morgan fingerprint density at radius 3 is 2.41 bits per heavy atom. The van der Waals surface area contributed by atoms with Crippen LogP contribution in [0.2, 0.25) is 0 Å². The van der Waals surface area contributed by atoms with Gasteiger partial charge in [-0.1, -0.05) is 6.92 Å². The van der Waals surface area contributed by atoms with Gasteiger partial charge in [0.15, 0.2) is 0 Å². The highest BCUT2D eigenvalue weighted by atomic mass is 19.3. The maximum Gasteiger partial charge on any atom is 0.387 e. The van der Waals surface area contributed by atoms with E-state index in [2.05, 4.69) is 15.2 Å². The van der Waals surface area contributed by atoms with Crippen LogP contribution in [0, 0.1) is 5.82 Å². The van der Waals surface area contributed by atoms with Crippen molar-refractivity contribution in [3.05, 3.63) is 71.8 Å². The molecule has 0 fully saturated rings. The van der Waals surface area contributed by atoms with Crippen LogP contribution in [0.25, 0.3) is 5.69 Å². The predicted molar refractivity (Wildman–Crippen MR) is 93.9 cm³/mol. The summed E-state index contributed by atoms with van der Waals surface area (Å²) in [5.41, 5.74) is 2.10. The molecule has 0 unspecified atom stereocenters. The lowest BCUT2D eigenvalue weighted by Crippen LogP contribution is -2.14. The van der Waals surface area contributed by atoms with E-state index in [1.807, 2.05) is 6.92 Å². The molecule has 0 radical (unpaired) electrons. The number of aromatic nitrogens is 2. The zero-order valence-electron chi connectivity index (χ0n) is 14.3. The maximum absolute atomic E-state index is 13.1. The minimum Gasteiger partial charge on any atom is -0.435 e. The van der Waals surface area contributed by atoms with Crippen LogP contribution in [0.15, 0.2) is 54.7 Å². The van der Waals surface area contributed by atoms with Crippen molar-refractivity contribution in [1.29, 1.82) is 0 Å². The van der Waals surface area contributed by atoms with E-state index in [9.17, 15) is 18.0 Å². The van der Waals surface area contributed by atoms with Crippen molar-refractivity contribution in [1.82, 2.24) is 9.78 Å². The first kappa shape index (κ1) is 18.5. The Morgan fingerprint density at radius 1 is 1.15 bits per heavy atom. The van der Waals surface area contributed by atoms with Gasteiger partial charge in [0.25, 0.3) is 5.91 Å². The molecule has 2 aromatic carbocycles. The van der Waals surface area contributed by atoms with Crippen LogP contribution in [0.5, 0.6) is 5.75 Å². The Morgan fingerprint density at radius 2 is 1.81 bits per heavy atom. The fourth-order valence-corrected chi connectivity index (χ4v) is 2.63. The van der Waals surface area contributed by atoms with Gasteiger partial charge in [-0.25, -0.2) is 9.07 Å². The molecular formula is C19H16F3N3O2. The Labute approximate surface area is 153 Å². The largest absolute Gasteiger partial charge is 0.435 e. The summed E-state index contributed by atoms with van der Waals surface area (Å²) in [4.78, 5) is 12.6. The number of benzene rings is 2. The highest BCUT2D eigenvalue weighted by molar-refractivity contribution is 6.05. The van der Waals surface area contributed by atoms with Crippen LogP contribution >= 0.6 is 0 Å². The third kappa shape index (κ3) is 4.28. The standard InChI is InChI=1S/C19H16F3N3O2/c1-2-17-16(11-23-25(17)14-7-3-12(20)4-8-14)18(26)24-13-5-9-15(10-6-13)27-19(21)22/h3-11,19H,2H2,1H3,(H,24,26). The summed E-state index contributed by atoms with van der Waals surface area (Å²) in [7, 11) is 0. The molecular weight excluding hydrogens is 359 g/mol. The van der Waals surface area contributed by atoms with Gasteiger partial charge in [-0.05, 0) is 55.0 Å². The summed E-state index contributed by atoms with van der Waals surface area (Å²) in [5.74, 6) is -0.745. The fraction of sp³-hybridized carbons (Fsp3) is 0.158. The molecule has 1 N–H and O–H groups in total. The minimum atomic E-state index is -2.91. The first-order valence-electron chi connectivity index (χ1n) is 8.17. The zero-order chi connectivity index (χ0) is 19.4. The molecule has 0 spiro atoms. The molecule has 8 heteroatoms. The fourth-order valence-electron chi connectivity index (χ4n) is 2.63. The number of hydrogen-bond acceptors (Lipinski definition) is 3. The molecule has 1 heterocycles. The molecule has 0 saturated heterocycles. The average Bonchev–Trinajstić information content (AvgIpc) is 3.07. The van der Waals surface area contributed by atoms with E-state index in [4.69, 9.17) is 0 Å². The summed E-state index contributed by atoms with van der Waals surface area (Å²) >= 11 is 0. The normalized spacial score (nSPS) is 10.9. The van der Waals surface area contributed by atoms with Crippen molar-refractivity contribution in [3.8, 4) is 11.4 Å². The molecule has 1 aromatic heterocycles. The van der Waals surface area contributed by atoms with Crippen molar-refractivity contribution in [3.63, 3.8) is 0 Å². The molecule has 0 aliphatic rings. The Bertz CT molecular complexity index is 922. The van der Waals surface area contributed by atoms with Gasteiger partial charge >= 0.3 is 6.61 Å². The van der Waals surface area contributed by atoms with Crippen LogP contribution in [0.4, 0.5) is 18.9 Å². The third-order valence-corrected chi connectivity index (χ3v) is 3.86. The highest BCUT2D eigenvalue weighted by Gasteiger charge is 2.17. The van der Waals surface area contributed by atoms with Gasteiger partial charge in [-0.15, -0.1) is 0 Å². The van der Waals surface area contributed by atoms with Crippen molar-refractivity contribution in [2.24, 2.45) is 0 Å². The molecule has 0 atom stereocenters. The maximum atomic E-state index is 13.1. The van der Waals surface area contributed by atoms with E-state index < -0.39 is 6.61 Å². The highest BCUT2D eigenvalue weighted by Crippen LogP contribution is 2.20. The van der Waals surface area contributed by atoms with Crippen molar-refractivity contribution in [2.45, 2.75) is 20.0 Å². The topological polar surface area (TPSA) is 56.1 Å². The van der Waals surface area contributed by atoms with Crippen LogP contribution in [-0.2, 0) is 6.42 Å². The van der Waals surface area contributed by atoms with E-state index >= 15 is 0 Å². The van der Waals surface area contributed by atoms with Gasteiger partial charge in [0, 0.05) is 5.69 Å². The Hall–Kier alpha value is -3.29. The van der Waals surface area contributed by atoms with Crippen LogP contribution in [0.3, 0.4) is 0 Å². The summed E-state index contributed by atoms with van der Waals surface area (Å²) in [5, 5.41) is 6.92. The lowest BCUT2D eigenvalue weighted by atomic mass is 10.1. The number of nitrogens with one attached hydrogen (secondary N) is 1. The number of ether oxygens (including phenoxy) is 1. The molecule has 5 nitrogen and oxygen atoms in total. The van der Waals surface area contributed by atoms with Crippen molar-refractivity contribution in [2.75, 3.05) is 5.32 Å². The van der Waals surface area contributed by atoms with E-state index in [-0.39, 0.29) is 17.5 Å². The number of amides is 1. The number of rotatable bonds is 6. The molecule has 3 aromatic rings. The number of halogens is 3. The van der Waals surface area contributed by atoms with Gasteiger partial charge in [0.05, 0.1) is 23.1 Å². The lowest BCUT2D eigenvalue weighted by Gasteiger charge is -2.09. The second-order valence-corrected chi connectivity index (χ2v) is 5.60. The molecule has 27 heavy (non-hydrogen) atoms. The lowest BCUT2D eigenvalue weighted by molar-refractivity contribution is -0.0498. The quantitative estimate of drug-likeness (QED) is 0.694. The molecule has 0 bridgehead atoms. The van der Waals surface area contributed by atoms with Gasteiger partial charge in [-0.3, -0.25) is 4.79 Å². The predicted octanol–water partition coefficient (Wildman–Crippen LogP) is 4.43. The number of anilines is 1. The van der Waals surface area contributed by atoms with Crippen LogP contribution in [0.1, 0.15) is 23.0 Å². The van der Waals surface area contributed by atoms with E-state index in [0.717, 1.165) is 0 Å². The number of carbonyl (C=O) groups is 1. The number of hydrogen-bond donors (Lipinski definition) is 1. The van der Waals surface area contributed by atoms with Gasteiger partial charge in [-0.2, -0.15) is 13.9 Å². The number of carbonyl (C=O) groups excluding carboxylic acids is 1. The molecule has 140 valence electrons. The van der Waals surface area contributed by atoms with Crippen LogP contribution < -0.4 is 10.1 Å². The summed E-state index contributed by atoms with van der Waals surface area (Å²) in [6.45, 7) is -1.03. The Balaban J connectivity index is 1.80. The van der Waals surface area contributed by atoms with E-state index in [1.54, 1.807) is 16.8 Å². The monoisotopic (exact) mass is 375 g/mol. The molecule has 0 aliphatic heterocycles. The average molecular weight is 375 g/mol. The van der Waals surface area contributed by atoms with Crippen LogP contribution in [-0.4, -0.2) is 22.3 Å². The second-order valence-electron chi connectivity index (χ2n) is 5.60. The zero-order valence-corrected chi connectivity index (χ0v) is 14.3. The molecule has 1 amide bonds. The third-order valence-electron chi connectivity index (χ3n) is 3.86. The van der Waals surface area contributed by atoms with E-state index in [0.29, 0.717) is 29.1 Å². The summed E-state index contributed by atoms with van der Waals surface area (Å²) < 4.78 is 43.3. The number of alkyl halides is 2. The molecule has 3 rings (SSSR count). The van der Waals surface area contributed by atoms with E-state index in [1.165, 1.54) is 42.6 Å². The van der Waals surface area contributed by atoms with Gasteiger partial charge in [0.1, 0.15) is 11.6 Å². The van der Waals surface area contributed by atoms with Gasteiger partial charge in [0.2, 0.25) is 0 Å². The Kier molecular flexibility index (Phi) is 5.44. The SMILES string of the molecule is CCc1c(C(=O)Nc2ccc(OC(F)F)cc2)cnn1-c1ccc(F)cc1. The van der Waals surface area contributed by atoms with Gasteiger partial charge < -0.3 is 10.1 Å². The first-order valence-corrected chi connectivity index (χ1v) is 8.17. The molecule has 0 saturated carbocycles. The smallest absolute Gasteiger partial charge is 0.387 e.